The number of methoxy groups -OCH3 is 1. The zero-order chi connectivity index (χ0) is 24.4. The maximum atomic E-state index is 13.2. The van der Waals surface area contributed by atoms with Crippen molar-refractivity contribution in [3.8, 4) is 5.75 Å². The van der Waals surface area contributed by atoms with Crippen LogP contribution >= 0.6 is 11.6 Å². The fourth-order valence-electron chi connectivity index (χ4n) is 4.42. The first-order valence-electron chi connectivity index (χ1n) is 11.5. The molecule has 0 spiro atoms. The molecule has 1 fully saturated rings. The van der Waals surface area contributed by atoms with E-state index < -0.39 is 0 Å². The molecule has 10 heteroatoms. The van der Waals surface area contributed by atoms with Crippen molar-refractivity contribution in [1.29, 1.82) is 0 Å². The number of amides is 2. The third-order valence-corrected chi connectivity index (χ3v) is 6.88. The van der Waals surface area contributed by atoms with Crippen LogP contribution < -0.4 is 4.74 Å². The molecule has 5 rings (SSSR count). The zero-order valence-electron chi connectivity index (χ0n) is 19.4. The summed E-state index contributed by atoms with van der Waals surface area (Å²) in [4.78, 5) is 29.4. The van der Waals surface area contributed by atoms with Gasteiger partial charge < -0.3 is 19.3 Å². The Kier molecular flexibility index (Phi) is 6.70. The lowest BCUT2D eigenvalue weighted by atomic mass is 10.1. The van der Waals surface area contributed by atoms with Crippen molar-refractivity contribution >= 4 is 23.4 Å². The normalized spacial score (nSPS) is 17.7. The molecule has 0 radical (unpaired) electrons. The molecule has 1 atom stereocenters. The fraction of sp³-hybridized carbons (Fsp3) is 0.360. The second-order valence-corrected chi connectivity index (χ2v) is 8.99. The Balaban J connectivity index is 1.19. The van der Waals surface area contributed by atoms with Crippen LogP contribution in [0.15, 0.2) is 48.5 Å². The second kappa shape index (κ2) is 10.1. The number of halogens is 1. The van der Waals surface area contributed by atoms with Crippen LogP contribution in [-0.2, 0) is 29.1 Å². The minimum atomic E-state index is -0.184. The molecule has 3 heterocycles. The van der Waals surface area contributed by atoms with Gasteiger partial charge >= 0.3 is 0 Å². The van der Waals surface area contributed by atoms with Gasteiger partial charge in [0.2, 0.25) is 5.91 Å². The Morgan fingerprint density at radius 3 is 2.49 bits per heavy atom. The zero-order valence-corrected chi connectivity index (χ0v) is 20.1. The van der Waals surface area contributed by atoms with E-state index in [1.54, 1.807) is 27.7 Å². The molecule has 1 aromatic heterocycles. The molecule has 0 saturated carbocycles. The van der Waals surface area contributed by atoms with E-state index in [9.17, 15) is 9.59 Å². The molecule has 3 aromatic rings. The van der Waals surface area contributed by atoms with Crippen LogP contribution in [0.25, 0.3) is 0 Å². The SMILES string of the molecule is COc1ccc(C2Cn3nnc(C(=O)N4CCN(C(=O)Cc5ccccc5Cl)CC4)c3CO2)cc1. The third kappa shape index (κ3) is 4.87. The van der Waals surface area contributed by atoms with Crippen molar-refractivity contribution in [2.45, 2.75) is 25.7 Å². The summed E-state index contributed by atoms with van der Waals surface area (Å²) in [6.45, 7) is 2.54. The second-order valence-electron chi connectivity index (χ2n) is 8.58. The average molecular weight is 496 g/mol. The number of ether oxygens (including phenoxy) is 2. The van der Waals surface area contributed by atoms with Crippen molar-refractivity contribution in [3.63, 3.8) is 0 Å². The standard InChI is InChI=1S/C25H26ClN5O4/c1-34-19-8-6-17(7-9-19)22-15-31-21(16-35-22)24(27-28-31)25(33)30-12-10-29(11-13-30)23(32)14-18-4-2-3-5-20(18)26/h2-9,22H,10-16H2,1H3. The highest BCUT2D eigenvalue weighted by molar-refractivity contribution is 6.31. The quantitative estimate of drug-likeness (QED) is 0.540. The molecular formula is C25H26ClN5O4. The summed E-state index contributed by atoms with van der Waals surface area (Å²) >= 11 is 6.19. The molecule has 2 amide bonds. The van der Waals surface area contributed by atoms with Crippen molar-refractivity contribution in [1.82, 2.24) is 24.8 Å². The number of fused-ring (bicyclic) bond motifs is 1. The molecule has 2 aliphatic heterocycles. The lowest BCUT2D eigenvalue weighted by Gasteiger charge is -2.34. The first-order valence-corrected chi connectivity index (χ1v) is 11.9. The van der Waals surface area contributed by atoms with E-state index >= 15 is 0 Å². The molecular weight excluding hydrogens is 470 g/mol. The first kappa shape index (κ1) is 23.3. The number of carbonyl (C=O) groups excluding carboxylic acids is 2. The van der Waals surface area contributed by atoms with Crippen molar-refractivity contribution < 1.29 is 19.1 Å². The molecule has 2 aliphatic rings. The third-order valence-electron chi connectivity index (χ3n) is 6.51. The van der Waals surface area contributed by atoms with E-state index in [4.69, 9.17) is 21.1 Å². The molecule has 1 saturated heterocycles. The largest absolute Gasteiger partial charge is 0.497 e. The number of nitrogens with zero attached hydrogens (tertiary/aromatic N) is 5. The highest BCUT2D eigenvalue weighted by atomic mass is 35.5. The highest BCUT2D eigenvalue weighted by Crippen LogP contribution is 2.28. The fourth-order valence-corrected chi connectivity index (χ4v) is 4.63. The summed E-state index contributed by atoms with van der Waals surface area (Å²) in [7, 11) is 1.63. The number of hydrogen-bond donors (Lipinski definition) is 0. The maximum absolute atomic E-state index is 13.2. The van der Waals surface area contributed by atoms with Crippen molar-refractivity contribution in [2.75, 3.05) is 33.3 Å². The first-order chi connectivity index (χ1) is 17.0. The van der Waals surface area contributed by atoms with Crippen molar-refractivity contribution in [3.05, 3.63) is 76.1 Å². The van der Waals surface area contributed by atoms with Crippen LogP contribution in [-0.4, -0.2) is 69.9 Å². The molecule has 0 aliphatic carbocycles. The predicted molar refractivity (Wildman–Crippen MR) is 128 cm³/mol. The number of hydrogen-bond acceptors (Lipinski definition) is 6. The van der Waals surface area contributed by atoms with Crippen LogP contribution in [0.3, 0.4) is 0 Å². The Hall–Kier alpha value is -3.43. The van der Waals surface area contributed by atoms with E-state index in [1.807, 2.05) is 42.5 Å². The van der Waals surface area contributed by atoms with Gasteiger partial charge in [0.25, 0.3) is 5.91 Å². The van der Waals surface area contributed by atoms with Gasteiger partial charge in [-0.1, -0.05) is 47.1 Å². The van der Waals surface area contributed by atoms with Crippen LogP contribution in [0.1, 0.15) is 33.4 Å². The molecule has 9 nitrogen and oxygen atoms in total. The summed E-state index contributed by atoms with van der Waals surface area (Å²) in [6.07, 6.45) is 0.0736. The summed E-state index contributed by atoms with van der Waals surface area (Å²) in [5.74, 6) is 0.602. The van der Waals surface area contributed by atoms with Gasteiger partial charge in [-0.25, -0.2) is 4.68 Å². The minimum Gasteiger partial charge on any atom is -0.497 e. The van der Waals surface area contributed by atoms with E-state index in [0.29, 0.717) is 49.1 Å². The van der Waals surface area contributed by atoms with Crippen molar-refractivity contribution in [2.24, 2.45) is 0 Å². The number of benzene rings is 2. The minimum absolute atomic E-state index is 0.00390. The Morgan fingerprint density at radius 1 is 1.06 bits per heavy atom. The van der Waals surface area contributed by atoms with Gasteiger partial charge in [0.1, 0.15) is 11.9 Å². The van der Waals surface area contributed by atoms with Gasteiger partial charge in [0, 0.05) is 31.2 Å². The molecule has 0 bridgehead atoms. The molecule has 35 heavy (non-hydrogen) atoms. The van der Waals surface area contributed by atoms with E-state index in [-0.39, 0.29) is 30.9 Å². The van der Waals surface area contributed by atoms with Gasteiger partial charge in [0.15, 0.2) is 5.69 Å². The van der Waals surface area contributed by atoms with Crippen LogP contribution in [0.5, 0.6) is 5.75 Å². The summed E-state index contributed by atoms with van der Waals surface area (Å²) < 4.78 is 13.0. The predicted octanol–water partition coefficient (Wildman–Crippen LogP) is 2.74. The number of carbonyl (C=O) groups is 2. The summed E-state index contributed by atoms with van der Waals surface area (Å²) in [5, 5.41) is 8.98. The monoisotopic (exact) mass is 495 g/mol. The molecule has 2 aromatic carbocycles. The van der Waals surface area contributed by atoms with Gasteiger partial charge in [0.05, 0.1) is 32.4 Å². The van der Waals surface area contributed by atoms with Gasteiger partial charge in [-0.15, -0.1) is 5.10 Å². The Bertz CT molecular complexity index is 1220. The van der Waals surface area contributed by atoms with Gasteiger partial charge in [-0.05, 0) is 29.3 Å². The number of aromatic nitrogens is 3. The van der Waals surface area contributed by atoms with Gasteiger partial charge in [-0.3, -0.25) is 9.59 Å². The van der Waals surface area contributed by atoms with Crippen LogP contribution in [0.4, 0.5) is 0 Å². The average Bonchev–Trinajstić information content (AvgIpc) is 3.33. The van der Waals surface area contributed by atoms with Crippen LogP contribution in [0.2, 0.25) is 5.02 Å². The van der Waals surface area contributed by atoms with E-state index in [0.717, 1.165) is 16.9 Å². The number of piperazine rings is 1. The smallest absolute Gasteiger partial charge is 0.276 e. The maximum Gasteiger partial charge on any atom is 0.276 e. The van der Waals surface area contributed by atoms with Crippen LogP contribution in [0, 0.1) is 0 Å². The molecule has 0 N–H and O–H groups in total. The molecule has 182 valence electrons. The molecule has 1 unspecified atom stereocenters. The van der Waals surface area contributed by atoms with E-state index in [2.05, 4.69) is 10.3 Å². The lowest BCUT2D eigenvalue weighted by Crippen LogP contribution is -2.51. The topological polar surface area (TPSA) is 89.8 Å². The lowest BCUT2D eigenvalue weighted by molar-refractivity contribution is -0.131. The Morgan fingerprint density at radius 2 is 1.77 bits per heavy atom. The number of rotatable bonds is 5. The summed E-state index contributed by atoms with van der Waals surface area (Å²) in [5.41, 5.74) is 2.81. The van der Waals surface area contributed by atoms with E-state index in [1.165, 1.54) is 0 Å². The highest BCUT2D eigenvalue weighted by Gasteiger charge is 2.32. The van der Waals surface area contributed by atoms with Gasteiger partial charge in [-0.2, -0.15) is 0 Å². The summed E-state index contributed by atoms with van der Waals surface area (Å²) in [6, 6.07) is 15.1. The Labute approximate surface area is 208 Å².